The fourth-order valence-corrected chi connectivity index (χ4v) is 2.57. The molecule has 2 heterocycles. The summed E-state index contributed by atoms with van der Waals surface area (Å²) in [6.07, 6.45) is 2.21. The maximum atomic E-state index is 12.2. The topological polar surface area (TPSA) is 130 Å². The van der Waals surface area contributed by atoms with E-state index < -0.39 is 22.9 Å². The zero-order valence-electron chi connectivity index (χ0n) is 15.1. The van der Waals surface area contributed by atoms with Crippen LogP contribution in [0.4, 0.5) is 11.4 Å². The van der Waals surface area contributed by atoms with E-state index in [-0.39, 0.29) is 22.2 Å². The van der Waals surface area contributed by atoms with Gasteiger partial charge in [0.15, 0.2) is 6.10 Å². The second-order valence-corrected chi connectivity index (χ2v) is 6.33. The molecule has 0 aliphatic rings. The average Bonchev–Trinajstić information content (AvgIpc) is 3.35. The van der Waals surface area contributed by atoms with Crippen molar-refractivity contribution in [3.8, 4) is 0 Å². The minimum absolute atomic E-state index is 0.0135. The first-order chi connectivity index (χ1) is 13.8. The summed E-state index contributed by atoms with van der Waals surface area (Å²) in [5.74, 6) is -1.03. The van der Waals surface area contributed by atoms with Crippen molar-refractivity contribution in [3.63, 3.8) is 0 Å². The quantitative estimate of drug-likeness (QED) is 0.354. The maximum Gasteiger partial charge on any atom is 0.375 e. The Morgan fingerprint density at radius 2 is 2.17 bits per heavy atom. The van der Waals surface area contributed by atoms with E-state index in [9.17, 15) is 19.7 Å². The zero-order valence-corrected chi connectivity index (χ0v) is 15.8. The molecule has 11 heteroatoms. The third-order valence-corrected chi connectivity index (χ3v) is 4.13. The van der Waals surface area contributed by atoms with Crippen LogP contribution in [0.15, 0.2) is 53.2 Å². The van der Waals surface area contributed by atoms with Gasteiger partial charge >= 0.3 is 5.97 Å². The molecule has 10 nitrogen and oxygen atoms in total. The molecule has 0 aliphatic carbocycles. The normalized spacial score (nSPS) is 11.7. The van der Waals surface area contributed by atoms with Crippen LogP contribution in [0.2, 0.25) is 5.02 Å². The number of nitrogens with one attached hydrogen (secondary N) is 1. The van der Waals surface area contributed by atoms with Crippen LogP contribution >= 0.6 is 11.6 Å². The van der Waals surface area contributed by atoms with Crippen LogP contribution in [-0.2, 0) is 16.1 Å². The van der Waals surface area contributed by atoms with E-state index in [2.05, 4.69) is 10.4 Å². The molecule has 0 bridgehead atoms. The molecule has 0 saturated heterocycles. The number of esters is 1. The Morgan fingerprint density at radius 3 is 2.83 bits per heavy atom. The highest BCUT2D eigenvalue weighted by molar-refractivity contribution is 6.34. The minimum atomic E-state index is -1.16. The van der Waals surface area contributed by atoms with Gasteiger partial charge in [-0.15, -0.1) is 0 Å². The number of halogens is 1. The molecule has 1 amide bonds. The summed E-state index contributed by atoms with van der Waals surface area (Å²) < 4.78 is 12.1. The number of hydrogen-bond donors (Lipinski definition) is 1. The number of ether oxygens (including phenoxy) is 1. The predicted octanol–water partition coefficient (Wildman–Crippen LogP) is 3.27. The Hall–Kier alpha value is -3.66. The number of benzene rings is 1. The number of hydrogen-bond acceptors (Lipinski definition) is 7. The van der Waals surface area contributed by atoms with Crippen molar-refractivity contribution >= 4 is 34.9 Å². The number of carbonyl (C=O) groups is 2. The fourth-order valence-electron chi connectivity index (χ4n) is 2.35. The van der Waals surface area contributed by atoms with Crippen LogP contribution in [0.5, 0.6) is 0 Å². The van der Waals surface area contributed by atoms with E-state index in [0.717, 1.165) is 6.07 Å². The highest BCUT2D eigenvalue weighted by atomic mass is 35.5. The minimum Gasteiger partial charge on any atom is -0.452 e. The van der Waals surface area contributed by atoms with Crippen molar-refractivity contribution in [2.75, 3.05) is 5.32 Å². The lowest BCUT2D eigenvalue weighted by atomic mass is 10.2. The maximum absolute atomic E-state index is 12.2. The number of amides is 1. The van der Waals surface area contributed by atoms with Crippen LogP contribution in [0.3, 0.4) is 0 Å². The monoisotopic (exact) mass is 418 g/mol. The number of nitrogens with zero attached hydrogens (tertiary/aromatic N) is 3. The summed E-state index contributed by atoms with van der Waals surface area (Å²) >= 11 is 5.94. The third kappa shape index (κ3) is 4.99. The number of furan rings is 1. The number of carbonyl (C=O) groups excluding carboxylic acids is 2. The molecule has 0 saturated carbocycles. The SMILES string of the molecule is CC(OC(=O)c1ccc(Cn2cccn2)o1)C(=O)Nc1ccc([N+](=O)[O-])cc1Cl. The molecule has 0 aliphatic heterocycles. The first-order valence-corrected chi connectivity index (χ1v) is 8.73. The van der Waals surface area contributed by atoms with Crippen LogP contribution in [0.1, 0.15) is 23.2 Å². The van der Waals surface area contributed by atoms with Gasteiger partial charge in [0.25, 0.3) is 11.6 Å². The molecule has 0 fully saturated rings. The Kier molecular flexibility index (Phi) is 5.93. The van der Waals surface area contributed by atoms with Gasteiger partial charge in [0.05, 0.1) is 22.2 Å². The lowest BCUT2D eigenvalue weighted by Gasteiger charge is -2.13. The first kappa shape index (κ1) is 20.1. The van der Waals surface area contributed by atoms with Crippen molar-refractivity contribution in [3.05, 3.63) is 75.4 Å². The smallest absolute Gasteiger partial charge is 0.375 e. The number of non-ortho nitro benzene ring substituents is 1. The van der Waals surface area contributed by atoms with Crippen molar-refractivity contribution in [2.45, 2.75) is 19.6 Å². The van der Waals surface area contributed by atoms with Gasteiger partial charge in [0, 0.05) is 24.5 Å². The predicted molar refractivity (Wildman–Crippen MR) is 102 cm³/mol. The van der Waals surface area contributed by atoms with E-state index in [0.29, 0.717) is 12.3 Å². The van der Waals surface area contributed by atoms with E-state index in [4.69, 9.17) is 20.8 Å². The molecule has 3 rings (SSSR count). The Bertz CT molecular complexity index is 1050. The molecule has 1 atom stereocenters. The van der Waals surface area contributed by atoms with E-state index >= 15 is 0 Å². The second-order valence-electron chi connectivity index (χ2n) is 5.93. The summed E-state index contributed by atoms with van der Waals surface area (Å²) in [5, 5.41) is 17.2. The summed E-state index contributed by atoms with van der Waals surface area (Å²) in [7, 11) is 0. The molecular weight excluding hydrogens is 404 g/mol. The summed E-state index contributed by atoms with van der Waals surface area (Å²) in [5.41, 5.74) is -0.0547. The van der Waals surface area contributed by atoms with E-state index in [1.807, 2.05) is 0 Å². The summed E-state index contributed by atoms with van der Waals surface area (Å²) in [4.78, 5) is 34.6. The van der Waals surface area contributed by atoms with Crippen LogP contribution in [0, 0.1) is 10.1 Å². The highest BCUT2D eigenvalue weighted by Gasteiger charge is 2.22. The van der Waals surface area contributed by atoms with Gasteiger partial charge < -0.3 is 14.5 Å². The fraction of sp³-hybridized carbons (Fsp3) is 0.167. The van der Waals surface area contributed by atoms with Crippen LogP contribution < -0.4 is 5.32 Å². The molecule has 1 aromatic carbocycles. The molecule has 0 spiro atoms. The zero-order chi connectivity index (χ0) is 21.0. The molecule has 2 aromatic heterocycles. The van der Waals surface area contributed by atoms with Gasteiger partial charge in [-0.2, -0.15) is 5.10 Å². The van der Waals surface area contributed by atoms with Gasteiger partial charge in [-0.1, -0.05) is 11.6 Å². The molecule has 1 unspecified atom stereocenters. The van der Waals surface area contributed by atoms with Gasteiger partial charge in [0.1, 0.15) is 5.76 Å². The number of aromatic nitrogens is 2. The number of nitro groups is 1. The van der Waals surface area contributed by atoms with Crippen LogP contribution in [-0.4, -0.2) is 32.7 Å². The second kappa shape index (κ2) is 8.57. The third-order valence-electron chi connectivity index (χ3n) is 3.81. The number of rotatable bonds is 7. The number of anilines is 1. The van der Waals surface area contributed by atoms with Crippen LogP contribution in [0.25, 0.3) is 0 Å². The molecule has 150 valence electrons. The van der Waals surface area contributed by atoms with Gasteiger partial charge in [-0.25, -0.2) is 4.79 Å². The summed E-state index contributed by atoms with van der Waals surface area (Å²) in [6.45, 7) is 1.72. The lowest BCUT2D eigenvalue weighted by molar-refractivity contribution is -0.384. The standard InChI is InChI=1S/C18H15ClN4O6/c1-11(17(24)21-15-5-3-12(23(26)27)9-14(15)19)28-18(25)16-6-4-13(29-16)10-22-8-2-7-20-22/h2-9,11H,10H2,1H3,(H,21,24). The Balaban J connectivity index is 1.58. The average molecular weight is 419 g/mol. The molecule has 1 N–H and O–H groups in total. The highest BCUT2D eigenvalue weighted by Crippen LogP contribution is 2.26. The van der Waals surface area contributed by atoms with E-state index in [1.54, 1.807) is 29.2 Å². The lowest BCUT2D eigenvalue weighted by Crippen LogP contribution is -2.30. The van der Waals surface area contributed by atoms with Gasteiger partial charge in [-0.3, -0.25) is 19.6 Å². The molecule has 0 radical (unpaired) electrons. The summed E-state index contributed by atoms with van der Waals surface area (Å²) in [6, 6.07) is 8.41. The Morgan fingerprint density at radius 1 is 1.38 bits per heavy atom. The molecular formula is C18H15ClN4O6. The first-order valence-electron chi connectivity index (χ1n) is 8.35. The van der Waals surface area contributed by atoms with Crippen molar-refractivity contribution in [1.82, 2.24) is 9.78 Å². The van der Waals surface area contributed by atoms with E-state index in [1.165, 1.54) is 25.1 Å². The van der Waals surface area contributed by atoms with Crippen molar-refractivity contribution < 1.29 is 23.7 Å². The number of nitro benzene ring substituents is 1. The molecule has 3 aromatic rings. The largest absolute Gasteiger partial charge is 0.452 e. The van der Waals surface area contributed by atoms with Crippen molar-refractivity contribution in [1.29, 1.82) is 0 Å². The van der Waals surface area contributed by atoms with Gasteiger partial charge in [0.2, 0.25) is 5.76 Å². The van der Waals surface area contributed by atoms with Crippen molar-refractivity contribution in [2.24, 2.45) is 0 Å². The van der Waals surface area contributed by atoms with Gasteiger partial charge in [-0.05, 0) is 31.2 Å². The Labute approximate surface area is 169 Å². The molecule has 29 heavy (non-hydrogen) atoms.